The Morgan fingerprint density at radius 2 is 2.22 bits per heavy atom. The van der Waals surface area contributed by atoms with Gasteiger partial charge >= 0.3 is 0 Å². The van der Waals surface area contributed by atoms with Gasteiger partial charge in [-0.05, 0) is 37.6 Å². The molecule has 1 aliphatic heterocycles. The minimum Gasteiger partial charge on any atom is -0.323 e. The van der Waals surface area contributed by atoms with E-state index in [2.05, 4.69) is 19.8 Å². The van der Waals surface area contributed by atoms with Gasteiger partial charge in [0, 0.05) is 23.1 Å². The molecule has 23 heavy (non-hydrogen) atoms. The van der Waals surface area contributed by atoms with Gasteiger partial charge in [0.05, 0.1) is 16.8 Å². The lowest BCUT2D eigenvalue weighted by molar-refractivity contribution is -0.120. The van der Waals surface area contributed by atoms with Gasteiger partial charge < -0.3 is 5.32 Å². The standard InChI is InChI=1S/C14H13Cl3N4OS/c15-8-3-4-10(9(16)6-8)18-14(22)12-2-1-5-21(12)7-11-13(17)23-20-19-11/h3-4,6,12H,1-2,5,7H2,(H,18,22)/t12-/m0/s1. The van der Waals surface area contributed by atoms with E-state index in [0.717, 1.165) is 30.9 Å². The van der Waals surface area contributed by atoms with Gasteiger partial charge in [0.1, 0.15) is 10.0 Å². The van der Waals surface area contributed by atoms with Crippen LogP contribution in [-0.2, 0) is 11.3 Å². The summed E-state index contributed by atoms with van der Waals surface area (Å²) in [5.74, 6) is -0.0916. The van der Waals surface area contributed by atoms with Gasteiger partial charge in [-0.25, -0.2) is 0 Å². The lowest BCUT2D eigenvalue weighted by Gasteiger charge is -2.23. The first-order valence-electron chi connectivity index (χ1n) is 7.01. The summed E-state index contributed by atoms with van der Waals surface area (Å²) >= 11 is 19.2. The highest BCUT2D eigenvalue weighted by atomic mass is 35.5. The van der Waals surface area contributed by atoms with Crippen LogP contribution in [0.2, 0.25) is 14.4 Å². The molecule has 1 N–H and O–H groups in total. The molecular formula is C14H13Cl3N4OS. The van der Waals surface area contributed by atoms with E-state index < -0.39 is 0 Å². The number of carbonyl (C=O) groups is 1. The van der Waals surface area contributed by atoms with Crippen molar-refractivity contribution in [2.45, 2.75) is 25.4 Å². The molecule has 1 aliphatic rings. The van der Waals surface area contributed by atoms with Crippen LogP contribution in [0, 0.1) is 0 Å². The monoisotopic (exact) mass is 390 g/mol. The summed E-state index contributed by atoms with van der Waals surface area (Å²) in [6.45, 7) is 1.34. The van der Waals surface area contributed by atoms with Gasteiger partial charge in [-0.2, -0.15) is 0 Å². The summed E-state index contributed by atoms with van der Waals surface area (Å²) < 4.78 is 4.39. The van der Waals surface area contributed by atoms with E-state index in [-0.39, 0.29) is 11.9 Å². The van der Waals surface area contributed by atoms with Gasteiger partial charge in [0.15, 0.2) is 0 Å². The average Bonchev–Trinajstić information content (AvgIpc) is 3.12. The second-order valence-electron chi connectivity index (χ2n) is 5.24. The third-order valence-corrected chi connectivity index (χ3v) is 5.25. The van der Waals surface area contributed by atoms with Gasteiger partial charge in [-0.3, -0.25) is 9.69 Å². The molecule has 0 radical (unpaired) electrons. The van der Waals surface area contributed by atoms with Crippen LogP contribution in [0.1, 0.15) is 18.5 Å². The molecule has 5 nitrogen and oxygen atoms in total. The number of anilines is 1. The summed E-state index contributed by atoms with van der Waals surface area (Å²) in [7, 11) is 0. The molecule has 0 spiro atoms. The molecule has 1 atom stereocenters. The van der Waals surface area contributed by atoms with Crippen molar-refractivity contribution in [3.05, 3.63) is 38.3 Å². The van der Waals surface area contributed by atoms with Crippen molar-refractivity contribution in [1.29, 1.82) is 0 Å². The smallest absolute Gasteiger partial charge is 0.241 e. The summed E-state index contributed by atoms with van der Waals surface area (Å²) in [5.41, 5.74) is 1.27. The predicted molar refractivity (Wildman–Crippen MR) is 93.4 cm³/mol. The Bertz CT molecular complexity index is 724. The normalized spacial score (nSPS) is 18.3. The van der Waals surface area contributed by atoms with E-state index in [1.807, 2.05) is 0 Å². The van der Waals surface area contributed by atoms with Crippen LogP contribution in [0.5, 0.6) is 0 Å². The second-order valence-corrected chi connectivity index (χ2v) is 7.44. The van der Waals surface area contributed by atoms with Crippen LogP contribution in [0.15, 0.2) is 18.2 Å². The fraction of sp³-hybridized carbons (Fsp3) is 0.357. The summed E-state index contributed by atoms with van der Waals surface area (Å²) in [6, 6.07) is 4.75. The van der Waals surface area contributed by atoms with Crippen molar-refractivity contribution in [1.82, 2.24) is 14.5 Å². The van der Waals surface area contributed by atoms with E-state index in [1.54, 1.807) is 18.2 Å². The third kappa shape index (κ3) is 3.95. The molecule has 1 amide bonds. The first-order valence-corrected chi connectivity index (χ1v) is 8.92. The molecule has 9 heteroatoms. The molecule has 0 unspecified atom stereocenters. The first-order chi connectivity index (χ1) is 11.0. The van der Waals surface area contributed by atoms with Crippen molar-refractivity contribution in [2.75, 3.05) is 11.9 Å². The van der Waals surface area contributed by atoms with E-state index in [1.165, 1.54) is 0 Å². The lowest BCUT2D eigenvalue weighted by Crippen LogP contribution is -2.39. The van der Waals surface area contributed by atoms with Crippen LogP contribution < -0.4 is 5.32 Å². The highest BCUT2D eigenvalue weighted by Crippen LogP contribution is 2.28. The summed E-state index contributed by atoms with van der Waals surface area (Å²) in [6.07, 6.45) is 1.73. The Balaban J connectivity index is 1.69. The zero-order valence-corrected chi connectivity index (χ0v) is 15.0. The maximum absolute atomic E-state index is 12.6. The number of amides is 1. The van der Waals surface area contributed by atoms with E-state index in [0.29, 0.717) is 32.3 Å². The molecule has 0 aliphatic carbocycles. The number of likely N-dealkylation sites (tertiary alicyclic amines) is 1. The summed E-state index contributed by atoms with van der Waals surface area (Å²) in [4.78, 5) is 14.6. The van der Waals surface area contributed by atoms with Crippen molar-refractivity contribution in [3.8, 4) is 0 Å². The Hall–Kier alpha value is -0.920. The van der Waals surface area contributed by atoms with Gasteiger partial charge in [-0.15, -0.1) is 5.10 Å². The minimum atomic E-state index is -0.237. The predicted octanol–water partition coefficient (Wildman–Crippen LogP) is 4.10. The minimum absolute atomic E-state index is 0.0916. The Labute approximate surface area is 152 Å². The molecule has 2 aromatic rings. The summed E-state index contributed by atoms with van der Waals surface area (Å²) in [5, 5.41) is 7.82. The molecule has 122 valence electrons. The number of rotatable bonds is 4. The van der Waals surface area contributed by atoms with Gasteiger partial charge in [0.25, 0.3) is 0 Å². The Morgan fingerprint density at radius 3 is 2.91 bits per heavy atom. The van der Waals surface area contributed by atoms with Crippen LogP contribution in [0.3, 0.4) is 0 Å². The quantitative estimate of drug-likeness (QED) is 0.852. The highest BCUT2D eigenvalue weighted by Gasteiger charge is 2.32. The van der Waals surface area contributed by atoms with Crippen LogP contribution >= 0.6 is 46.3 Å². The third-order valence-electron chi connectivity index (χ3n) is 3.72. The second kappa shape index (κ2) is 7.32. The molecule has 1 fully saturated rings. The molecule has 1 aromatic heterocycles. The fourth-order valence-electron chi connectivity index (χ4n) is 2.60. The molecule has 0 bridgehead atoms. The largest absolute Gasteiger partial charge is 0.323 e. The topological polar surface area (TPSA) is 58.1 Å². The maximum Gasteiger partial charge on any atom is 0.241 e. The van der Waals surface area contributed by atoms with Crippen molar-refractivity contribution < 1.29 is 4.79 Å². The van der Waals surface area contributed by atoms with E-state index in [9.17, 15) is 4.79 Å². The number of nitrogens with zero attached hydrogens (tertiary/aromatic N) is 3. The van der Waals surface area contributed by atoms with Crippen molar-refractivity contribution in [3.63, 3.8) is 0 Å². The maximum atomic E-state index is 12.6. The zero-order chi connectivity index (χ0) is 16.4. The van der Waals surface area contributed by atoms with Crippen LogP contribution in [-0.4, -0.2) is 33.0 Å². The molecule has 2 heterocycles. The molecular weight excluding hydrogens is 379 g/mol. The van der Waals surface area contributed by atoms with Gasteiger partial charge in [-0.1, -0.05) is 39.3 Å². The number of carbonyl (C=O) groups excluding carboxylic acids is 1. The SMILES string of the molecule is O=C(Nc1ccc(Cl)cc1Cl)[C@@H]1CCCN1Cc1nnsc1Cl. The zero-order valence-electron chi connectivity index (χ0n) is 11.9. The molecule has 0 saturated carbocycles. The number of benzene rings is 1. The molecule has 1 aromatic carbocycles. The number of aromatic nitrogens is 2. The fourth-order valence-corrected chi connectivity index (χ4v) is 3.67. The Morgan fingerprint density at radius 1 is 1.39 bits per heavy atom. The van der Waals surface area contributed by atoms with Gasteiger partial charge in [0.2, 0.25) is 5.91 Å². The molecule has 3 rings (SSSR count). The average molecular weight is 392 g/mol. The van der Waals surface area contributed by atoms with Crippen molar-refractivity contribution in [2.24, 2.45) is 0 Å². The first kappa shape index (κ1) is 16.9. The van der Waals surface area contributed by atoms with E-state index >= 15 is 0 Å². The highest BCUT2D eigenvalue weighted by molar-refractivity contribution is 7.10. The van der Waals surface area contributed by atoms with Crippen LogP contribution in [0.25, 0.3) is 0 Å². The number of halogens is 3. The van der Waals surface area contributed by atoms with E-state index in [4.69, 9.17) is 34.8 Å². The number of nitrogens with one attached hydrogen (secondary N) is 1. The Kier molecular flexibility index (Phi) is 5.38. The van der Waals surface area contributed by atoms with Crippen LogP contribution in [0.4, 0.5) is 5.69 Å². The molecule has 1 saturated heterocycles. The lowest BCUT2D eigenvalue weighted by atomic mass is 10.2. The number of hydrogen-bond acceptors (Lipinski definition) is 5. The van der Waals surface area contributed by atoms with Crippen molar-refractivity contribution >= 4 is 57.9 Å². The number of hydrogen-bond donors (Lipinski definition) is 1.